The van der Waals surface area contributed by atoms with Gasteiger partial charge in [-0.15, -0.1) is 0 Å². The van der Waals surface area contributed by atoms with Crippen LogP contribution in [-0.2, 0) is 19.4 Å². The highest BCUT2D eigenvalue weighted by atomic mass is 35.5. The molecule has 0 unspecified atom stereocenters. The molecule has 2 aliphatic heterocycles. The minimum atomic E-state index is -0.130. The number of carbonyl (C=O) groups is 1. The van der Waals surface area contributed by atoms with Gasteiger partial charge in [0, 0.05) is 43.9 Å². The number of H-pyrrole nitrogens is 1. The predicted octanol–water partition coefficient (Wildman–Crippen LogP) is 5.76. The molecule has 2 saturated heterocycles. The van der Waals surface area contributed by atoms with E-state index in [1.807, 2.05) is 41.3 Å². The van der Waals surface area contributed by atoms with Crippen molar-refractivity contribution in [3.8, 4) is 0 Å². The molecule has 5 aromatic rings. The third-order valence-electron chi connectivity index (χ3n) is 9.44. The van der Waals surface area contributed by atoms with Crippen LogP contribution in [0.15, 0.2) is 83.8 Å². The van der Waals surface area contributed by atoms with Gasteiger partial charge in [0.15, 0.2) is 0 Å². The number of fused-ring (bicyclic) bond motifs is 1. The summed E-state index contributed by atoms with van der Waals surface area (Å²) < 4.78 is 0. The number of hydrogen-bond donors (Lipinski definition) is 1. The van der Waals surface area contributed by atoms with Crippen LogP contribution in [-0.4, -0.2) is 68.4 Å². The van der Waals surface area contributed by atoms with Crippen molar-refractivity contribution in [2.45, 2.75) is 45.2 Å². The minimum Gasteiger partial charge on any atom is -0.336 e. The van der Waals surface area contributed by atoms with Gasteiger partial charge in [-0.1, -0.05) is 60.1 Å². The molecular formula is C37H38ClN7O2. The molecule has 0 radical (unpaired) electrons. The third-order valence-corrected chi connectivity index (χ3v) is 9.69. The molecule has 1 N–H and O–H groups in total. The van der Waals surface area contributed by atoms with E-state index in [2.05, 4.69) is 57.0 Å². The van der Waals surface area contributed by atoms with Gasteiger partial charge in [0.2, 0.25) is 5.95 Å². The number of amides is 1. The quantitative estimate of drug-likeness (QED) is 0.229. The maximum absolute atomic E-state index is 14.0. The maximum atomic E-state index is 14.0. The summed E-state index contributed by atoms with van der Waals surface area (Å²) in [5, 5.41) is 1.31. The Bertz CT molecular complexity index is 1950. The highest BCUT2D eigenvalue weighted by Gasteiger charge is 2.30. The Kier molecular flexibility index (Phi) is 9.00. The topological polar surface area (TPSA) is 98.3 Å². The molecule has 47 heavy (non-hydrogen) atoms. The molecule has 0 saturated carbocycles. The first-order chi connectivity index (χ1) is 22.9. The number of hydrogen-bond acceptors (Lipinski definition) is 7. The molecule has 1 amide bonds. The molecule has 0 aliphatic carbocycles. The number of aryl methyl sites for hydroxylation is 3. The molecule has 240 valence electrons. The minimum absolute atomic E-state index is 0.0381. The lowest BCUT2D eigenvalue weighted by atomic mass is 10.0. The highest BCUT2D eigenvalue weighted by molar-refractivity contribution is 6.30. The molecule has 1 atom stereocenters. The van der Waals surface area contributed by atoms with Crippen LogP contribution in [0, 0.1) is 6.92 Å². The van der Waals surface area contributed by atoms with Crippen LogP contribution in [0.4, 0.5) is 5.95 Å². The van der Waals surface area contributed by atoms with Crippen molar-refractivity contribution in [1.82, 2.24) is 29.7 Å². The zero-order valence-electron chi connectivity index (χ0n) is 26.5. The molecule has 10 heteroatoms. The summed E-state index contributed by atoms with van der Waals surface area (Å²) in [6, 6.07) is 23.9. The lowest BCUT2D eigenvalue weighted by molar-refractivity contribution is 0.0623. The summed E-state index contributed by atoms with van der Waals surface area (Å²) in [5.74, 6) is 1.26. The van der Waals surface area contributed by atoms with Crippen LogP contribution in [0.1, 0.15) is 57.5 Å². The maximum Gasteiger partial charge on any atom is 0.258 e. The average molecular weight is 648 g/mol. The molecule has 3 aromatic carbocycles. The van der Waals surface area contributed by atoms with Crippen LogP contribution < -0.4 is 10.5 Å². The van der Waals surface area contributed by atoms with E-state index in [4.69, 9.17) is 21.6 Å². The van der Waals surface area contributed by atoms with E-state index in [-0.39, 0.29) is 17.5 Å². The van der Waals surface area contributed by atoms with Crippen molar-refractivity contribution in [3.63, 3.8) is 0 Å². The standard InChI is InChI=1S/C37H38ClN7O2/c1-25-7-2-3-8-26(25)14-17-32-30(23-39-37(41-32)45-18-6-11-33(45)27-12-15-28(38)16-13-27)36(47)44-21-19-43(20-22-44)24-34-40-31-10-5-4-9-29(31)35(46)42-34/h2-5,7-10,12-13,15-16,23,33H,6,11,14,17-22,24H2,1H3,(H,40,42,46)/t33-/m1/s1. The first kappa shape index (κ1) is 31.0. The normalized spacial score (nSPS) is 17.0. The fourth-order valence-corrected chi connectivity index (χ4v) is 6.92. The van der Waals surface area contributed by atoms with Crippen LogP contribution in [0.5, 0.6) is 0 Å². The van der Waals surface area contributed by atoms with E-state index >= 15 is 0 Å². The third kappa shape index (κ3) is 6.77. The largest absolute Gasteiger partial charge is 0.336 e. The number of aromatic nitrogens is 4. The highest BCUT2D eigenvalue weighted by Crippen LogP contribution is 2.35. The zero-order valence-corrected chi connectivity index (χ0v) is 27.3. The summed E-state index contributed by atoms with van der Waals surface area (Å²) in [6.07, 6.45) is 5.22. The van der Waals surface area contributed by atoms with Gasteiger partial charge < -0.3 is 14.8 Å². The van der Waals surface area contributed by atoms with Gasteiger partial charge in [-0.25, -0.2) is 15.0 Å². The molecule has 0 bridgehead atoms. The van der Waals surface area contributed by atoms with Gasteiger partial charge in [0.1, 0.15) is 5.82 Å². The van der Waals surface area contributed by atoms with Crippen LogP contribution in [0.2, 0.25) is 5.02 Å². The zero-order chi connectivity index (χ0) is 32.3. The second-order valence-corrected chi connectivity index (χ2v) is 12.9. The lowest BCUT2D eigenvalue weighted by Crippen LogP contribution is -2.48. The molecule has 2 aliphatic rings. The number of halogens is 1. The SMILES string of the molecule is Cc1ccccc1CCc1nc(N2CCC[C@@H]2c2ccc(Cl)cc2)ncc1C(=O)N1CCN(Cc2nc3ccccc3c(=O)[nH]2)CC1. The molecule has 0 spiro atoms. The van der Waals surface area contributed by atoms with E-state index in [0.717, 1.165) is 36.5 Å². The fraction of sp³-hybridized carbons (Fsp3) is 0.324. The second-order valence-electron chi connectivity index (χ2n) is 12.5. The monoisotopic (exact) mass is 647 g/mol. The average Bonchev–Trinajstić information content (AvgIpc) is 3.58. The van der Waals surface area contributed by atoms with E-state index in [1.54, 1.807) is 12.3 Å². The van der Waals surface area contributed by atoms with Gasteiger partial charge in [-0.3, -0.25) is 14.5 Å². The van der Waals surface area contributed by atoms with Gasteiger partial charge in [0.05, 0.1) is 34.7 Å². The summed E-state index contributed by atoms with van der Waals surface area (Å²) in [4.78, 5) is 50.5. The molecule has 2 fully saturated rings. The Hall–Kier alpha value is -4.60. The second kappa shape index (κ2) is 13.6. The number of aromatic amines is 1. The van der Waals surface area contributed by atoms with Crippen molar-refractivity contribution < 1.29 is 4.79 Å². The Morgan fingerprint density at radius 2 is 1.68 bits per heavy atom. The van der Waals surface area contributed by atoms with Crippen molar-refractivity contribution >= 4 is 34.4 Å². The molecule has 4 heterocycles. The first-order valence-corrected chi connectivity index (χ1v) is 16.7. The summed E-state index contributed by atoms with van der Waals surface area (Å²) in [6.45, 7) is 5.99. The Labute approximate surface area is 279 Å². The number of piperazine rings is 1. The van der Waals surface area contributed by atoms with Crippen molar-refractivity contribution in [3.05, 3.63) is 128 Å². The molecular weight excluding hydrogens is 610 g/mol. The predicted molar refractivity (Wildman–Crippen MR) is 185 cm³/mol. The van der Waals surface area contributed by atoms with Crippen molar-refractivity contribution in [2.75, 3.05) is 37.6 Å². The van der Waals surface area contributed by atoms with Crippen molar-refractivity contribution in [1.29, 1.82) is 0 Å². The van der Waals surface area contributed by atoms with Crippen LogP contribution >= 0.6 is 11.6 Å². The number of carbonyl (C=O) groups excluding carboxylic acids is 1. The Morgan fingerprint density at radius 3 is 2.49 bits per heavy atom. The molecule has 9 nitrogen and oxygen atoms in total. The number of anilines is 1. The molecule has 2 aromatic heterocycles. The smallest absolute Gasteiger partial charge is 0.258 e. The number of rotatable bonds is 8. The van der Waals surface area contributed by atoms with Crippen molar-refractivity contribution in [2.24, 2.45) is 0 Å². The van der Waals surface area contributed by atoms with E-state index < -0.39 is 0 Å². The fourth-order valence-electron chi connectivity index (χ4n) is 6.80. The molecule has 7 rings (SSSR count). The number of nitrogens with zero attached hydrogens (tertiary/aromatic N) is 6. The summed E-state index contributed by atoms with van der Waals surface area (Å²) in [7, 11) is 0. The van der Waals surface area contributed by atoms with Crippen LogP contribution in [0.3, 0.4) is 0 Å². The van der Waals surface area contributed by atoms with Gasteiger partial charge in [-0.05, 0) is 73.6 Å². The number of nitrogens with one attached hydrogen (secondary N) is 1. The Balaban J connectivity index is 1.09. The van der Waals surface area contributed by atoms with Gasteiger partial charge in [0.25, 0.3) is 11.5 Å². The van der Waals surface area contributed by atoms with E-state index in [1.165, 1.54) is 16.7 Å². The van der Waals surface area contributed by atoms with Gasteiger partial charge in [-0.2, -0.15) is 0 Å². The van der Waals surface area contributed by atoms with Gasteiger partial charge >= 0.3 is 0 Å². The van der Waals surface area contributed by atoms with E-state index in [0.29, 0.717) is 67.4 Å². The Morgan fingerprint density at radius 1 is 0.915 bits per heavy atom. The number of para-hydroxylation sites is 1. The van der Waals surface area contributed by atoms with E-state index in [9.17, 15) is 9.59 Å². The van der Waals surface area contributed by atoms with Crippen LogP contribution in [0.25, 0.3) is 10.9 Å². The number of benzene rings is 3. The summed E-state index contributed by atoms with van der Waals surface area (Å²) in [5.41, 5.74) is 5.59. The summed E-state index contributed by atoms with van der Waals surface area (Å²) >= 11 is 6.18. The first-order valence-electron chi connectivity index (χ1n) is 16.3. The lowest BCUT2D eigenvalue weighted by Gasteiger charge is -2.34.